The van der Waals surface area contributed by atoms with Crippen LogP contribution in [-0.2, 0) is 15.1 Å². The predicted molar refractivity (Wildman–Crippen MR) is 76.5 cm³/mol. The van der Waals surface area contributed by atoms with Crippen molar-refractivity contribution in [2.45, 2.75) is 30.8 Å². The number of likely N-dealkylation sites (tertiary alicyclic amines) is 1. The Morgan fingerprint density at radius 3 is 2.81 bits per heavy atom. The zero-order chi connectivity index (χ0) is 14.9. The molecule has 1 unspecified atom stereocenters. The number of nitrogens with one attached hydrogen (secondary N) is 2. The third-order valence-corrected chi connectivity index (χ3v) is 4.47. The highest BCUT2D eigenvalue weighted by molar-refractivity contribution is 5.86. The maximum absolute atomic E-state index is 12.9. The molecule has 3 heterocycles. The van der Waals surface area contributed by atoms with E-state index in [0.29, 0.717) is 25.8 Å². The largest absolute Gasteiger partial charge is 0.349 e. The third-order valence-electron chi connectivity index (χ3n) is 4.47. The SMILES string of the molecule is CN1CC(NC(=O)C2(n3cccn3)CCNCC2)CC1=O. The summed E-state index contributed by atoms with van der Waals surface area (Å²) >= 11 is 0. The summed E-state index contributed by atoms with van der Waals surface area (Å²) in [4.78, 5) is 26.1. The number of carbonyl (C=O) groups is 2. The molecule has 0 aliphatic carbocycles. The lowest BCUT2D eigenvalue weighted by Gasteiger charge is -2.37. The molecule has 3 rings (SSSR count). The summed E-state index contributed by atoms with van der Waals surface area (Å²) in [6.45, 7) is 2.16. The van der Waals surface area contributed by atoms with Gasteiger partial charge in [-0.1, -0.05) is 0 Å². The van der Waals surface area contributed by atoms with Crippen LogP contribution in [-0.4, -0.2) is 59.2 Å². The minimum Gasteiger partial charge on any atom is -0.349 e. The maximum atomic E-state index is 12.9. The molecule has 2 aliphatic rings. The topological polar surface area (TPSA) is 79.3 Å². The van der Waals surface area contributed by atoms with Crippen LogP contribution in [0.4, 0.5) is 0 Å². The molecule has 1 aromatic heterocycles. The molecule has 7 heteroatoms. The van der Waals surface area contributed by atoms with Crippen LogP contribution in [0.15, 0.2) is 18.5 Å². The number of nitrogens with zero attached hydrogens (tertiary/aromatic N) is 3. The molecule has 2 fully saturated rings. The van der Waals surface area contributed by atoms with Gasteiger partial charge in [-0.2, -0.15) is 5.10 Å². The molecule has 0 bridgehead atoms. The van der Waals surface area contributed by atoms with E-state index >= 15 is 0 Å². The Morgan fingerprint density at radius 1 is 1.48 bits per heavy atom. The van der Waals surface area contributed by atoms with E-state index in [9.17, 15) is 9.59 Å². The van der Waals surface area contributed by atoms with Gasteiger partial charge >= 0.3 is 0 Å². The number of rotatable bonds is 3. The molecule has 114 valence electrons. The van der Waals surface area contributed by atoms with Gasteiger partial charge in [0.2, 0.25) is 11.8 Å². The van der Waals surface area contributed by atoms with Gasteiger partial charge in [0.15, 0.2) is 0 Å². The third kappa shape index (κ3) is 2.53. The molecule has 0 saturated carbocycles. The van der Waals surface area contributed by atoms with Gasteiger partial charge in [-0.25, -0.2) is 0 Å². The molecule has 1 atom stereocenters. The van der Waals surface area contributed by atoms with E-state index in [1.54, 1.807) is 22.8 Å². The molecule has 0 aromatic carbocycles. The Kier molecular flexibility index (Phi) is 3.67. The van der Waals surface area contributed by atoms with Crippen LogP contribution < -0.4 is 10.6 Å². The number of piperidine rings is 1. The second kappa shape index (κ2) is 5.48. The second-order valence-corrected chi connectivity index (χ2v) is 5.88. The first-order chi connectivity index (χ1) is 10.1. The summed E-state index contributed by atoms with van der Waals surface area (Å²) in [6.07, 6.45) is 5.34. The molecule has 1 aromatic rings. The van der Waals surface area contributed by atoms with Gasteiger partial charge in [-0.15, -0.1) is 0 Å². The van der Waals surface area contributed by atoms with Gasteiger partial charge in [-0.3, -0.25) is 14.3 Å². The number of carbonyl (C=O) groups excluding carboxylic acids is 2. The Bertz CT molecular complexity index is 521. The molecule has 2 saturated heterocycles. The number of hydrogen-bond donors (Lipinski definition) is 2. The highest BCUT2D eigenvalue weighted by atomic mass is 16.2. The van der Waals surface area contributed by atoms with Crippen molar-refractivity contribution >= 4 is 11.8 Å². The van der Waals surface area contributed by atoms with Gasteiger partial charge < -0.3 is 15.5 Å². The van der Waals surface area contributed by atoms with Gasteiger partial charge in [0.05, 0.1) is 6.04 Å². The second-order valence-electron chi connectivity index (χ2n) is 5.88. The molecule has 0 radical (unpaired) electrons. The van der Waals surface area contributed by atoms with Crippen molar-refractivity contribution in [2.75, 3.05) is 26.7 Å². The number of amides is 2. The molecule has 7 nitrogen and oxygen atoms in total. The van der Waals surface area contributed by atoms with Crippen molar-refractivity contribution in [1.29, 1.82) is 0 Å². The number of likely N-dealkylation sites (N-methyl/N-ethyl adjacent to an activating group) is 1. The lowest BCUT2D eigenvalue weighted by atomic mass is 9.87. The van der Waals surface area contributed by atoms with E-state index < -0.39 is 5.54 Å². The van der Waals surface area contributed by atoms with E-state index in [4.69, 9.17) is 0 Å². The van der Waals surface area contributed by atoms with E-state index in [1.807, 2.05) is 12.3 Å². The lowest BCUT2D eigenvalue weighted by molar-refractivity contribution is -0.132. The molecule has 21 heavy (non-hydrogen) atoms. The molecule has 2 N–H and O–H groups in total. The van der Waals surface area contributed by atoms with Crippen molar-refractivity contribution in [3.8, 4) is 0 Å². The van der Waals surface area contributed by atoms with E-state index in [2.05, 4.69) is 15.7 Å². The fourth-order valence-corrected chi connectivity index (χ4v) is 3.20. The Labute approximate surface area is 123 Å². The summed E-state index contributed by atoms with van der Waals surface area (Å²) in [5.41, 5.74) is -0.640. The summed E-state index contributed by atoms with van der Waals surface area (Å²) in [7, 11) is 1.77. The van der Waals surface area contributed by atoms with Crippen LogP contribution in [0.1, 0.15) is 19.3 Å². The standard InChI is InChI=1S/C14H21N5O2/c1-18-10-11(9-12(18)20)17-13(21)14(3-6-15-7-4-14)19-8-2-5-16-19/h2,5,8,11,15H,3-4,6-7,9-10H2,1H3,(H,17,21). The van der Waals surface area contributed by atoms with Crippen molar-refractivity contribution in [1.82, 2.24) is 25.3 Å². The van der Waals surface area contributed by atoms with Crippen molar-refractivity contribution < 1.29 is 9.59 Å². The fraction of sp³-hybridized carbons (Fsp3) is 0.643. The number of aromatic nitrogens is 2. The average molecular weight is 291 g/mol. The normalized spacial score (nSPS) is 25.1. The van der Waals surface area contributed by atoms with Crippen LogP contribution in [0.5, 0.6) is 0 Å². The van der Waals surface area contributed by atoms with Crippen molar-refractivity contribution in [3.05, 3.63) is 18.5 Å². The molecule has 0 spiro atoms. The first-order valence-electron chi connectivity index (χ1n) is 7.37. The highest BCUT2D eigenvalue weighted by Crippen LogP contribution is 2.27. The van der Waals surface area contributed by atoms with Crippen molar-refractivity contribution in [2.24, 2.45) is 0 Å². The van der Waals surface area contributed by atoms with Crippen LogP contribution in [0.2, 0.25) is 0 Å². The zero-order valence-electron chi connectivity index (χ0n) is 12.2. The summed E-state index contributed by atoms with van der Waals surface area (Å²) < 4.78 is 1.77. The van der Waals surface area contributed by atoms with E-state index in [-0.39, 0.29) is 17.9 Å². The van der Waals surface area contributed by atoms with Gasteiger partial charge in [0.25, 0.3) is 0 Å². The van der Waals surface area contributed by atoms with Gasteiger partial charge in [0, 0.05) is 32.4 Å². The Balaban J connectivity index is 1.77. The minimum atomic E-state index is -0.640. The smallest absolute Gasteiger partial charge is 0.248 e. The molecular formula is C14H21N5O2. The quantitative estimate of drug-likeness (QED) is 0.772. The fourth-order valence-electron chi connectivity index (χ4n) is 3.20. The number of hydrogen-bond acceptors (Lipinski definition) is 4. The van der Waals surface area contributed by atoms with Crippen molar-refractivity contribution in [3.63, 3.8) is 0 Å². The monoisotopic (exact) mass is 291 g/mol. The van der Waals surface area contributed by atoms with Gasteiger partial charge in [-0.05, 0) is 32.0 Å². The van der Waals surface area contributed by atoms with Crippen LogP contribution in [0.3, 0.4) is 0 Å². The van der Waals surface area contributed by atoms with E-state index in [0.717, 1.165) is 13.1 Å². The molecular weight excluding hydrogens is 270 g/mol. The molecule has 2 amide bonds. The first-order valence-corrected chi connectivity index (χ1v) is 7.37. The Hall–Kier alpha value is -1.89. The lowest BCUT2D eigenvalue weighted by Crippen LogP contribution is -2.56. The highest BCUT2D eigenvalue weighted by Gasteiger charge is 2.43. The summed E-state index contributed by atoms with van der Waals surface area (Å²) in [5, 5.41) is 10.6. The molecule has 2 aliphatic heterocycles. The van der Waals surface area contributed by atoms with Crippen LogP contribution >= 0.6 is 0 Å². The average Bonchev–Trinajstić information content (AvgIpc) is 3.11. The predicted octanol–water partition coefficient (Wildman–Crippen LogP) is -0.691. The minimum absolute atomic E-state index is 0.0270. The summed E-state index contributed by atoms with van der Waals surface area (Å²) in [6, 6.07) is 1.74. The van der Waals surface area contributed by atoms with Gasteiger partial charge in [0.1, 0.15) is 5.54 Å². The zero-order valence-corrected chi connectivity index (χ0v) is 12.2. The van der Waals surface area contributed by atoms with E-state index in [1.165, 1.54) is 0 Å². The summed E-state index contributed by atoms with van der Waals surface area (Å²) in [5.74, 6) is 0.0551. The Morgan fingerprint density at radius 2 is 2.24 bits per heavy atom. The first kappa shape index (κ1) is 14.1. The maximum Gasteiger partial charge on any atom is 0.248 e. The van der Waals surface area contributed by atoms with Crippen LogP contribution in [0, 0.1) is 0 Å². The van der Waals surface area contributed by atoms with Crippen LogP contribution in [0.25, 0.3) is 0 Å².